The Morgan fingerprint density at radius 3 is 2.43 bits per heavy atom. The van der Waals surface area contributed by atoms with Crippen LogP contribution < -0.4 is 4.74 Å². The molecule has 2 aliphatic heterocycles. The first-order valence-corrected chi connectivity index (χ1v) is 9.64. The van der Waals surface area contributed by atoms with Crippen molar-refractivity contribution in [1.82, 2.24) is 14.9 Å². The molecule has 0 saturated carbocycles. The minimum atomic E-state index is -0.513. The minimum Gasteiger partial charge on any atom is -0.474 e. The fourth-order valence-corrected chi connectivity index (χ4v) is 3.89. The van der Waals surface area contributed by atoms with Gasteiger partial charge in [-0.1, -0.05) is 0 Å². The first kappa shape index (κ1) is 20.4. The highest BCUT2D eigenvalue weighted by molar-refractivity contribution is 5.95. The van der Waals surface area contributed by atoms with Crippen LogP contribution in [-0.2, 0) is 9.57 Å². The van der Waals surface area contributed by atoms with Crippen molar-refractivity contribution in [1.29, 1.82) is 0 Å². The normalized spacial score (nSPS) is 24.0. The number of fused-ring (bicyclic) bond motifs is 2. The first-order chi connectivity index (χ1) is 13.2. The van der Waals surface area contributed by atoms with Gasteiger partial charge in [-0.2, -0.15) is 0 Å². The number of hydrogen-bond acceptors (Lipinski definition) is 6. The summed E-state index contributed by atoms with van der Waals surface area (Å²) in [7, 11) is 2.97. The van der Waals surface area contributed by atoms with Gasteiger partial charge < -0.3 is 14.4 Å². The first-order valence-electron chi connectivity index (χ1n) is 9.64. The molecular formula is C20H29N3O5. The van der Waals surface area contributed by atoms with Crippen LogP contribution in [0.4, 0.5) is 4.79 Å². The lowest BCUT2D eigenvalue weighted by molar-refractivity contribution is -0.0760. The minimum absolute atomic E-state index is 0.0862. The molecule has 8 heteroatoms. The Bertz CT molecular complexity index is 719. The average Bonchev–Trinajstić information content (AvgIpc) is 2.91. The highest BCUT2D eigenvalue weighted by Gasteiger charge is 2.45. The van der Waals surface area contributed by atoms with Gasteiger partial charge in [0.25, 0.3) is 5.91 Å². The third-order valence-corrected chi connectivity index (χ3v) is 5.13. The molecule has 1 unspecified atom stereocenters. The predicted molar refractivity (Wildman–Crippen MR) is 102 cm³/mol. The highest BCUT2D eigenvalue weighted by Crippen LogP contribution is 2.38. The summed E-state index contributed by atoms with van der Waals surface area (Å²) in [6, 6.07) is 3.54. The van der Waals surface area contributed by atoms with Crippen LogP contribution in [0.25, 0.3) is 0 Å². The van der Waals surface area contributed by atoms with Gasteiger partial charge in [0.05, 0.1) is 7.11 Å². The molecule has 2 amide bonds. The van der Waals surface area contributed by atoms with Crippen LogP contribution in [0, 0.1) is 0 Å². The number of amides is 2. The Balaban J connectivity index is 1.70. The van der Waals surface area contributed by atoms with Gasteiger partial charge in [0.1, 0.15) is 17.3 Å². The Morgan fingerprint density at radius 2 is 1.86 bits per heavy atom. The van der Waals surface area contributed by atoms with Crippen molar-refractivity contribution in [2.45, 2.75) is 70.2 Å². The van der Waals surface area contributed by atoms with Crippen LogP contribution in [0.3, 0.4) is 0 Å². The van der Waals surface area contributed by atoms with Crippen LogP contribution in [0.2, 0.25) is 0 Å². The fourth-order valence-electron chi connectivity index (χ4n) is 3.89. The molecule has 3 atom stereocenters. The topological polar surface area (TPSA) is 81.2 Å². The average molecular weight is 391 g/mol. The van der Waals surface area contributed by atoms with E-state index in [2.05, 4.69) is 4.98 Å². The maximum atomic E-state index is 12.6. The van der Waals surface area contributed by atoms with E-state index in [9.17, 15) is 9.59 Å². The zero-order valence-electron chi connectivity index (χ0n) is 17.2. The number of rotatable bonds is 4. The van der Waals surface area contributed by atoms with Crippen LogP contribution in [-0.4, -0.2) is 64.9 Å². The van der Waals surface area contributed by atoms with Gasteiger partial charge in [-0.05, 0) is 45.7 Å². The number of hydroxylamine groups is 2. The van der Waals surface area contributed by atoms with E-state index >= 15 is 0 Å². The molecule has 8 nitrogen and oxygen atoms in total. The van der Waals surface area contributed by atoms with Crippen molar-refractivity contribution < 1.29 is 23.9 Å². The monoisotopic (exact) mass is 391 g/mol. The number of carbonyl (C=O) groups excluding carboxylic acids is 2. The maximum Gasteiger partial charge on any atom is 0.410 e. The Morgan fingerprint density at radius 1 is 1.21 bits per heavy atom. The summed E-state index contributed by atoms with van der Waals surface area (Å²) in [6.45, 7) is 5.62. The maximum absolute atomic E-state index is 12.6. The fraction of sp³-hybridized carbons (Fsp3) is 0.650. The SMILES string of the molecule is CON(C)C(=O)c1cccnc1OC1C[C@H]2CC[C@@H](C1)N2C(=O)OC(C)(C)C. The van der Waals surface area contributed by atoms with Gasteiger partial charge in [0.15, 0.2) is 0 Å². The molecule has 28 heavy (non-hydrogen) atoms. The zero-order valence-corrected chi connectivity index (χ0v) is 17.2. The number of ether oxygens (including phenoxy) is 2. The quantitative estimate of drug-likeness (QED) is 0.734. The molecule has 154 valence electrons. The van der Waals surface area contributed by atoms with Crippen molar-refractivity contribution in [3.05, 3.63) is 23.9 Å². The van der Waals surface area contributed by atoms with E-state index in [1.807, 2.05) is 25.7 Å². The second-order valence-corrected chi connectivity index (χ2v) is 8.33. The molecule has 1 aromatic heterocycles. The number of pyridine rings is 1. The van der Waals surface area contributed by atoms with Gasteiger partial charge in [0.2, 0.25) is 5.88 Å². The number of aromatic nitrogens is 1. The Kier molecular flexibility index (Phi) is 5.79. The second kappa shape index (κ2) is 7.95. The van der Waals surface area contributed by atoms with Gasteiger partial charge in [-0.25, -0.2) is 14.8 Å². The molecule has 2 saturated heterocycles. The lowest BCUT2D eigenvalue weighted by Crippen LogP contribution is -2.50. The lowest BCUT2D eigenvalue weighted by atomic mass is 10.00. The van der Waals surface area contributed by atoms with Crippen molar-refractivity contribution >= 4 is 12.0 Å². The third kappa shape index (κ3) is 4.38. The summed E-state index contributed by atoms with van der Waals surface area (Å²) in [5.74, 6) is -0.0220. The standard InChI is InChI=1S/C20H29N3O5/c1-20(2,3)28-19(25)23-13-8-9-14(23)12-15(11-13)27-17-16(7-6-10-21-17)18(24)22(4)26-5/h6-7,10,13-15H,8-9,11-12H2,1-5H3/t13-,14+,15?. The molecule has 0 N–H and O–H groups in total. The van der Waals surface area contributed by atoms with Crippen molar-refractivity contribution in [2.75, 3.05) is 14.2 Å². The third-order valence-electron chi connectivity index (χ3n) is 5.13. The number of nitrogens with zero attached hydrogens (tertiary/aromatic N) is 3. The van der Waals surface area contributed by atoms with E-state index in [4.69, 9.17) is 14.3 Å². The van der Waals surface area contributed by atoms with Gasteiger partial charge in [-0.3, -0.25) is 9.63 Å². The zero-order chi connectivity index (χ0) is 20.5. The van der Waals surface area contributed by atoms with Gasteiger partial charge in [-0.15, -0.1) is 0 Å². The molecule has 2 aliphatic rings. The molecule has 0 aliphatic carbocycles. The molecule has 0 radical (unpaired) electrons. The summed E-state index contributed by atoms with van der Waals surface area (Å²) in [6.07, 6.45) is 4.50. The van der Waals surface area contributed by atoms with E-state index in [-0.39, 0.29) is 30.2 Å². The molecule has 2 bridgehead atoms. The largest absolute Gasteiger partial charge is 0.474 e. The molecule has 0 aromatic carbocycles. The molecular weight excluding hydrogens is 362 g/mol. The molecule has 2 fully saturated rings. The molecule has 0 spiro atoms. The van der Waals surface area contributed by atoms with Crippen LogP contribution in [0.1, 0.15) is 56.8 Å². The summed E-state index contributed by atoms with van der Waals surface area (Å²) >= 11 is 0. The van der Waals surface area contributed by atoms with E-state index in [1.54, 1.807) is 25.4 Å². The smallest absolute Gasteiger partial charge is 0.410 e. The van der Waals surface area contributed by atoms with Crippen LogP contribution >= 0.6 is 0 Å². The van der Waals surface area contributed by atoms with E-state index in [1.165, 1.54) is 7.11 Å². The van der Waals surface area contributed by atoms with Crippen LogP contribution in [0.15, 0.2) is 18.3 Å². The lowest BCUT2D eigenvalue weighted by Gasteiger charge is -2.39. The molecule has 3 rings (SSSR count). The number of carbonyl (C=O) groups is 2. The highest BCUT2D eigenvalue weighted by atomic mass is 16.7. The van der Waals surface area contributed by atoms with Gasteiger partial charge >= 0.3 is 6.09 Å². The summed E-state index contributed by atoms with van der Waals surface area (Å²) in [5, 5.41) is 1.14. The van der Waals surface area contributed by atoms with Gasteiger partial charge in [0, 0.05) is 38.2 Å². The Labute approximate surface area is 165 Å². The van der Waals surface area contributed by atoms with Crippen LogP contribution in [0.5, 0.6) is 5.88 Å². The Hall–Kier alpha value is -2.35. The summed E-state index contributed by atoms with van der Waals surface area (Å²) in [5.41, 5.74) is -0.158. The van der Waals surface area contributed by atoms with E-state index < -0.39 is 5.60 Å². The second-order valence-electron chi connectivity index (χ2n) is 8.33. The van der Waals surface area contributed by atoms with Crippen molar-refractivity contribution in [3.8, 4) is 5.88 Å². The van der Waals surface area contributed by atoms with Crippen molar-refractivity contribution in [3.63, 3.8) is 0 Å². The van der Waals surface area contributed by atoms with E-state index in [0.717, 1.165) is 17.9 Å². The number of piperidine rings is 1. The van der Waals surface area contributed by atoms with Crippen molar-refractivity contribution in [2.24, 2.45) is 0 Å². The number of hydrogen-bond donors (Lipinski definition) is 0. The van der Waals surface area contributed by atoms with E-state index in [0.29, 0.717) is 24.3 Å². The summed E-state index contributed by atoms with van der Waals surface area (Å²) < 4.78 is 11.7. The summed E-state index contributed by atoms with van der Waals surface area (Å²) in [4.78, 5) is 36.1. The predicted octanol–water partition coefficient (Wildman–Crippen LogP) is 3.02. The molecule has 1 aromatic rings. The molecule has 3 heterocycles.